The van der Waals surface area contributed by atoms with Gasteiger partial charge >= 0.3 is 12.7 Å². The Morgan fingerprint density at radius 1 is 1.17 bits per heavy atom. The lowest BCUT2D eigenvalue weighted by Gasteiger charge is -2.18. The summed E-state index contributed by atoms with van der Waals surface area (Å²) in [6.07, 6.45) is -0.753. The molecule has 15 heteroatoms. The number of H-pyrrole nitrogens is 1. The van der Waals surface area contributed by atoms with E-state index in [4.69, 9.17) is 0 Å². The summed E-state index contributed by atoms with van der Waals surface area (Å²) in [5.74, 6) is -1.65. The number of aromatic nitrogens is 7. The highest BCUT2D eigenvalue weighted by atomic mass is 19.4. The smallest absolute Gasteiger partial charge is 0.324 e. The summed E-state index contributed by atoms with van der Waals surface area (Å²) < 4.78 is 79.6. The van der Waals surface area contributed by atoms with Gasteiger partial charge in [-0.2, -0.15) is 27.1 Å². The predicted molar refractivity (Wildman–Crippen MR) is 111 cm³/mol. The lowest BCUT2D eigenvalue weighted by molar-refractivity contribution is -0.137. The van der Waals surface area contributed by atoms with Gasteiger partial charge in [0, 0.05) is 22.9 Å². The minimum Gasteiger partial charge on any atom is -0.324 e. The highest BCUT2D eigenvalue weighted by Gasteiger charge is 2.53. The van der Waals surface area contributed by atoms with Gasteiger partial charge in [0.15, 0.2) is 5.82 Å². The molecule has 0 bridgehead atoms. The zero-order valence-electron chi connectivity index (χ0n) is 17.9. The van der Waals surface area contributed by atoms with Gasteiger partial charge in [0.1, 0.15) is 5.82 Å². The van der Waals surface area contributed by atoms with Crippen LogP contribution in [-0.4, -0.2) is 41.3 Å². The van der Waals surface area contributed by atoms with Crippen LogP contribution in [0.2, 0.25) is 0 Å². The van der Waals surface area contributed by atoms with Crippen molar-refractivity contribution >= 4 is 11.6 Å². The van der Waals surface area contributed by atoms with Crippen LogP contribution in [0, 0.1) is 5.82 Å². The van der Waals surface area contributed by atoms with E-state index in [9.17, 15) is 31.1 Å². The van der Waals surface area contributed by atoms with Gasteiger partial charge in [-0.1, -0.05) is 6.07 Å². The molecule has 186 valence electrons. The summed E-state index contributed by atoms with van der Waals surface area (Å²) in [5, 5.41) is 19.5. The maximum atomic E-state index is 14.6. The number of nitrogens with zero attached hydrogens (tertiary/aromatic N) is 6. The summed E-state index contributed by atoms with van der Waals surface area (Å²) in [4.78, 5) is 17.3. The lowest BCUT2D eigenvalue weighted by Crippen LogP contribution is -2.29. The second-order valence-corrected chi connectivity index (χ2v) is 8.09. The molecule has 1 aliphatic rings. The number of amides is 1. The van der Waals surface area contributed by atoms with Crippen molar-refractivity contribution in [3.63, 3.8) is 0 Å². The van der Waals surface area contributed by atoms with Crippen LogP contribution in [0.25, 0.3) is 22.6 Å². The number of carbonyl (C=O) groups is 1. The van der Waals surface area contributed by atoms with Crippen LogP contribution < -0.4 is 5.32 Å². The summed E-state index contributed by atoms with van der Waals surface area (Å²) in [5.41, 5.74) is -1.82. The number of hydrogen-bond acceptors (Lipinski definition) is 6. The van der Waals surface area contributed by atoms with E-state index in [0.29, 0.717) is 10.7 Å². The van der Waals surface area contributed by atoms with Crippen LogP contribution in [0.4, 0.5) is 32.0 Å². The van der Waals surface area contributed by atoms with E-state index in [1.165, 1.54) is 18.5 Å². The number of carbonyl (C=O) groups excluding carboxylic acids is 1. The first kappa shape index (κ1) is 23.4. The highest BCUT2D eigenvalue weighted by molar-refractivity contribution is 6.02. The third kappa shape index (κ3) is 4.16. The Bertz CT molecular complexity index is 1430. The predicted octanol–water partition coefficient (Wildman–Crippen LogP) is 4.35. The molecule has 2 N–H and O–H groups in total. The Labute approximate surface area is 197 Å². The molecule has 0 atom stereocenters. The fourth-order valence-electron chi connectivity index (χ4n) is 3.86. The van der Waals surface area contributed by atoms with E-state index < -0.39 is 35.4 Å². The third-order valence-electron chi connectivity index (χ3n) is 5.82. The highest BCUT2D eigenvalue weighted by Crippen LogP contribution is 2.50. The van der Waals surface area contributed by atoms with Gasteiger partial charge in [0.2, 0.25) is 5.91 Å². The molecule has 0 unspecified atom stereocenters. The third-order valence-corrected chi connectivity index (χ3v) is 5.82. The van der Waals surface area contributed by atoms with Crippen molar-refractivity contribution in [1.82, 2.24) is 35.4 Å². The maximum absolute atomic E-state index is 14.6. The molecule has 1 saturated carbocycles. The second-order valence-electron chi connectivity index (χ2n) is 8.09. The number of halogens is 6. The van der Waals surface area contributed by atoms with E-state index in [1.807, 2.05) is 0 Å². The van der Waals surface area contributed by atoms with Crippen molar-refractivity contribution < 1.29 is 31.1 Å². The first-order valence-electron chi connectivity index (χ1n) is 10.3. The van der Waals surface area contributed by atoms with Crippen molar-refractivity contribution in [3.8, 4) is 22.6 Å². The zero-order chi connectivity index (χ0) is 25.7. The average molecular weight is 508 g/mol. The first-order chi connectivity index (χ1) is 17.1. The largest absolute Gasteiger partial charge is 0.416 e. The second kappa shape index (κ2) is 8.42. The summed E-state index contributed by atoms with van der Waals surface area (Å²) >= 11 is 0. The number of anilines is 1. The summed E-state index contributed by atoms with van der Waals surface area (Å²) in [7, 11) is 0. The Hall–Kier alpha value is -4.30. The fourth-order valence-corrected chi connectivity index (χ4v) is 3.86. The molecular weight excluding hydrogens is 494 g/mol. The number of benzene rings is 1. The van der Waals surface area contributed by atoms with E-state index in [1.54, 1.807) is 0 Å². The number of aromatic amines is 1. The molecule has 1 amide bonds. The van der Waals surface area contributed by atoms with E-state index in [0.717, 1.165) is 18.3 Å². The van der Waals surface area contributed by atoms with Crippen LogP contribution in [0.5, 0.6) is 0 Å². The normalized spacial score (nSPS) is 14.8. The van der Waals surface area contributed by atoms with Gasteiger partial charge in [0.05, 0.1) is 34.8 Å². The Morgan fingerprint density at radius 2 is 1.94 bits per heavy atom. The number of hydrogen-bond donors (Lipinski definition) is 2. The molecule has 1 aliphatic carbocycles. The molecule has 5 rings (SSSR count). The van der Waals surface area contributed by atoms with Crippen LogP contribution in [0.3, 0.4) is 0 Å². The van der Waals surface area contributed by atoms with Crippen LogP contribution in [0.15, 0.2) is 42.9 Å². The van der Waals surface area contributed by atoms with Crippen molar-refractivity contribution in [2.24, 2.45) is 0 Å². The van der Waals surface area contributed by atoms with Crippen LogP contribution in [-0.2, 0) is 16.4 Å². The molecule has 3 aromatic heterocycles. The lowest BCUT2D eigenvalue weighted by atomic mass is 9.93. The molecule has 4 aromatic rings. The Morgan fingerprint density at radius 3 is 2.53 bits per heavy atom. The molecule has 1 fully saturated rings. The SMILES string of the molecule is O=C(Nc1cnc(-c2cnn(C(F)F)c2)c(-c2nnn[nH]2)c1)C1(c2ccc(C(F)(F)F)cc2F)CC1. The number of rotatable bonds is 6. The Balaban J connectivity index is 1.45. The average Bonchev–Trinajstić information content (AvgIpc) is 3.21. The number of tetrazole rings is 1. The minimum atomic E-state index is -4.72. The van der Waals surface area contributed by atoms with Gasteiger partial charge in [-0.15, -0.1) is 5.10 Å². The van der Waals surface area contributed by atoms with Gasteiger partial charge in [-0.25, -0.2) is 14.2 Å². The van der Waals surface area contributed by atoms with Crippen molar-refractivity contribution in [1.29, 1.82) is 0 Å². The molecule has 9 nitrogen and oxygen atoms in total. The molecule has 0 aliphatic heterocycles. The maximum Gasteiger partial charge on any atom is 0.416 e. The summed E-state index contributed by atoms with van der Waals surface area (Å²) in [6.45, 7) is -2.87. The molecule has 0 radical (unpaired) electrons. The minimum absolute atomic E-state index is 0.119. The van der Waals surface area contributed by atoms with Crippen molar-refractivity contribution in [2.75, 3.05) is 5.32 Å². The number of alkyl halides is 5. The van der Waals surface area contributed by atoms with E-state index >= 15 is 0 Å². The van der Waals surface area contributed by atoms with Gasteiger partial charge in [-0.05, 0) is 41.5 Å². The first-order valence-corrected chi connectivity index (χ1v) is 10.3. The summed E-state index contributed by atoms with van der Waals surface area (Å²) in [6, 6.07) is 3.50. The molecule has 0 spiro atoms. The fraction of sp³-hybridized carbons (Fsp3) is 0.238. The molecule has 0 saturated heterocycles. The Kier molecular flexibility index (Phi) is 5.49. The topological polar surface area (TPSA) is 114 Å². The monoisotopic (exact) mass is 508 g/mol. The molecule has 36 heavy (non-hydrogen) atoms. The number of pyridine rings is 1. The van der Waals surface area contributed by atoms with Crippen LogP contribution in [0.1, 0.15) is 30.5 Å². The van der Waals surface area contributed by atoms with Crippen molar-refractivity contribution in [3.05, 3.63) is 59.8 Å². The van der Waals surface area contributed by atoms with Gasteiger partial charge in [0.25, 0.3) is 0 Å². The quantitative estimate of drug-likeness (QED) is 0.375. The van der Waals surface area contributed by atoms with Crippen molar-refractivity contribution in [2.45, 2.75) is 31.0 Å². The van der Waals surface area contributed by atoms with Gasteiger partial charge in [-0.3, -0.25) is 9.78 Å². The number of nitrogens with one attached hydrogen (secondary N) is 2. The van der Waals surface area contributed by atoms with E-state index in [2.05, 4.69) is 36.0 Å². The molecular formula is C21H14F6N8O. The standard InChI is InChI=1S/C21H14F6N8O/c22-15-5-11(21(25,26)27)1-2-14(15)20(3-4-20)18(36)30-12-6-13(17-31-33-34-32-17)16(28-8-12)10-7-29-35(9-10)19(23)24/h1-2,5-9,19H,3-4H2,(H,30,36)(H,31,32,33,34). The van der Waals surface area contributed by atoms with E-state index in [-0.39, 0.29) is 46.7 Å². The van der Waals surface area contributed by atoms with Gasteiger partial charge < -0.3 is 5.32 Å². The molecule has 3 heterocycles. The van der Waals surface area contributed by atoms with Crippen LogP contribution >= 0.6 is 0 Å². The zero-order valence-corrected chi connectivity index (χ0v) is 17.9. The molecule has 1 aromatic carbocycles.